The van der Waals surface area contributed by atoms with Gasteiger partial charge in [0, 0.05) is 5.33 Å². The van der Waals surface area contributed by atoms with Crippen molar-refractivity contribution in [3.63, 3.8) is 0 Å². The lowest BCUT2D eigenvalue weighted by molar-refractivity contribution is 0.332. The zero-order valence-corrected chi connectivity index (χ0v) is 10.2. The van der Waals surface area contributed by atoms with Gasteiger partial charge in [0.25, 0.3) is 0 Å². The predicted octanol–water partition coefficient (Wildman–Crippen LogP) is 4.15. The van der Waals surface area contributed by atoms with Gasteiger partial charge in [-0.3, -0.25) is 0 Å². The molecule has 1 heteroatoms. The zero-order valence-electron chi connectivity index (χ0n) is 8.58. The molecule has 12 heavy (non-hydrogen) atoms. The summed E-state index contributed by atoms with van der Waals surface area (Å²) in [5, 5.41) is 1.05. The lowest BCUT2D eigenvalue weighted by Gasteiger charge is -2.36. The van der Waals surface area contributed by atoms with E-state index in [0.29, 0.717) is 5.41 Å². The third kappa shape index (κ3) is 1.76. The summed E-state index contributed by atoms with van der Waals surface area (Å²) in [4.78, 5) is 0. The maximum atomic E-state index is 3.60. The van der Waals surface area contributed by atoms with Crippen LogP contribution in [0, 0.1) is 11.3 Å². The second kappa shape index (κ2) is 3.53. The minimum atomic E-state index is 0.431. The van der Waals surface area contributed by atoms with Crippen molar-refractivity contribution in [2.24, 2.45) is 11.3 Å². The summed E-state index contributed by atoms with van der Waals surface area (Å²) in [6.07, 6.45) is 2.70. The molecule has 1 aliphatic carbocycles. The first-order chi connectivity index (χ1) is 5.49. The van der Waals surface area contributed by atoms with Crippen molar-refractivity contribution >= 4 is 15.9 Å². The van der Waals surface area contributed by atoms with Crippen molar-refractivity contribution in [2.45, 2.75) is 40.5 Å². The van der Waals surface area contributed by atoms with Gasteiger partial charge in [0.1, 0.15) is 0 Å². The Kier molecular flexibility index (Phi) is 3.03. The lowest BCUT2D eigenvalue weighted by atomic mass is 9.70. The van der Waals surface area contributed by atoms with E-state index in [1.54, 1.807) is 11.1 Å². The molecule has 70 valence electrons. The molecular weight excluding hydrogens is 212 g/mol. The molecule has 0 aromatic heterocycles. The smallest absolute Gasteiger partial charge is 0.0249 e. The molecule has 0 heterocycles. The molecule has 0 saturated heterocycles. The summed E-state index contributed by atoms with van der Waals surface area (Å²) < 4.78 is 0. The first-order valence-corrected chi connectivity index (χ1v) is 5.87. The van der Waals surface area contributed by atoms with Crippen molar-refractivity contribution in [1.82, 2.24) is 0 Å². The van der Waals surface area contributed by atoms with Crippen molar-refractivity contribution in [3.8, 4) is 0 Å². The topological polar surface area (TPSA) is 0 Å². The van der Waals surface area contributed by atoms with Crippen LogP contribution >= 0.6 is 15.9 Å². The second-order valence-electron chi connectivity index (χ2n) is 4.62. The van der Waals surface area contributed by atoms with Crippen LogP contribution in [0.4, 0.5) is 0 Å². The molecule has 0 amide bonds. The Morgan fingerprint density at radius 2 is 2.08 bits per heavy atom. The van der Waals surface area contributed by atoms with Crippen LogP contribution in [0.2, 0.25) is 0 Å². The third-order valence-electron chi connectivity index (χ3n) is 3.37. The summed E-state index contributed by atoms with van der Waals surface area (Å²) in [6, 6.07) is 0. The molecule has 0 aliphatic heterocycles. The summed E-state index contributed by atoms with van der Waals surface area (Å²) in [5.41, 5.74) is 3.67. The third-order valence-corrected chi connectivity index (χ3v) is 3.93. The highest BCUT2D eigenvalue weighted by atomic mass is 79.9. The van der Waals surface area contributed by atoms with Crippen molar-refractivity contribution in [1.29, 1.82) is 0 Å². The molecule has 0 N–H and O–H groups in total. The van der Waals surface area contributed by atoms with E-state index < -0.39 is 0 Å². The second-order valence-corrected chi connectivity index (χ2v) is 5.18. The van der Waals surface area contributed by atoms with Gasteiger partial charge < -0.3 is 0 Å². The molecule has 1 unspecified atom stereocenters. The van der Waals surface area contributed by atoms with Gasteiger partial charge in [-0.15, -0.1) is 0 Å². The highest BCUT2D eigenvalue weighted by Gasteiger charge is 2.30. The molecule has 0 aromatic carbocycles. The lowest BCUT2D eigenvalue weighted by Crippen LogP contribution is -2.24. The Hall–Kier alpha value is 0.220. The van der Waals surface area contributed by atoms with E-state index in [4.69, 9.17) is 0 Å². The van der Waals surface area contributed by atoms with E-state index >= 15 is 0 Å². The molecule has 0 spiro atoms. The number of allylic oxidation sites excluding steroid dienone is 2. The van der Waals surface area contributed by atoms with Gasteiger partial charge in [-0.05, 0) is 31.1 Å². The van der Waals surface area contributed by atoms with Crippen LogP contribution in [0.3, 0.4) is 0 Å². The molecule has 1 atom stereocenters. The highest BCUT2D eigenvalue weighted by molar-refractivity contribution is 9.09. The Labute approximate surface area is 84.6 Å². The maximum absolute atomic E-state index is 3.60. The summed E-state index contributed by atoms with van der Waals surface area (Å²) in [6.45, 7) is 9.35. The minimum absolute atomic E-state index is 0.431. The number of halogens is 1. The molecule has 0 saturated carbocycles. The summed E-state index contributed by atoms with van der Waals surface area (Å²) in [5.74, 6) is 0.797. The quantitative estimate of drug-likeness (QED) is 0.469. The van der Waals surface area contributed by atoms with Crippen LogP contribution in [-0.2, 0) is 0 Å². The average Bonchev–Trinajstić information content (AvgIpc) is 1.99. The molecule has 0 nitrogen and oxygen atoms in total. The van der Waals surface area contributed by atoms with Gasteiger partial charge in [0.05, 0.1) is 0 Å². The van der Waals surface area contributed by atoms with Crippen molar-refractivity contribution in [3.05, 3.63) is 11.1 Å². The fourth-order valence-electron chi connectivity index (χ4n) is 2.06. The Bertz CT molecular complexity index is 201. The largest absolute Gasteiger partial charge is 0.0880 e. The van der Waals surface area contributed by atoms with Crippen LogP contribution in [0.25, 0.3) is 0 Å². The molecule has 0 radical (unpaired) electrons. The van der Waals surface area contributed by atoms with Crippen LogP contribution < -0.4 is 0 Å². The van der Waals surface area contributed by atoms with E-state index in [1.807, 2.05) is 0 Å². The Morgan fingerprint density at radius 1 is 1.50 bits per heavy atom. The maximum Gasteiger partial charge on any atom is 0.0249 e. The molecule has 1 aliphatic rings. The van der Waals surface area contributed by atoms with Gasteiger partial charge in [0.15, 0.2) is 0 Å². The SMILES string of the molecule is CC1=C(CBr)C(C)(C)CCC1C. The van der Waals surface area contributed by atoms with E-state index in [-0.39, 0.29) is 0 Å². The normalized spacial score (nSPS) is 29.2. The van der Waals surface area contributed by atoms with E-state index in [0.717, 1.165) is 11.2 Å². The number of rotatable bonds is 1. The van der Waals surface area contributed by atoms with E-state index in [9.17, 15) is 0 Å². The van der Waals surface area contributed by atoms with Gasteiger partial charge in [-0.25, -0.2) is 0 Å². The first kappa shape index (κ1) is 10.3. The number of hydrogen-bond donors (Lipinski definition) is 0. The zero-order chi connectivity index (χ0) is 9.35. The summed E-state index contributed by atoms with van der Waals surface area (Å²) in [7, 11) is 0. The fraction of sp³-hybridized carbons (Fsp3) is 0.818. The van der Waals surface area contributed by atoms with E-state index in [1.165, 1.54) is 12.8 Å². The monoisotopic (exact) mass is 230 g/mol. The standard InChI is InChI=1S/C11H19Br/c1-8-5-6-11(3,4)10(7-12)9(8)2/h8H,5-7H2,1-4H3. The molecular formula is C11H19Br. The van der Waals surface area contributed by atoms with Crippen LogP contribution in [0.1, 0.15) is 40.5 Å². The predicted molar refractivity (Wildman–Crippen MR) is 58.7 cm³/mol. The fourth-order valence-corrected chi connectivity index (χ4v) is 3.26. The molecule has 0 aromatic rings. The van der Waals surface area contributed by atoms with Crippen LogP contribution in [-0.4, -0.2) is 5.33 Å². The van der Waals surface area contributed by atoms with Crippen LogP contribution in [0.5, 0.6) is 0 Å². The van der Waals surface area contributed by atoms with Crippen molar-refractivity contribution in [2.75, 3.05) is 5.33 Å². The Balaban J connectivity index is 3.01. The van der Waals surface area contributed by atoms with Gasteiger partial charge in [0.2, 0.25) is 0 Å². The Morgan fingerprint density at radius 3 is 2.50 bits per heavy atom. The first-order valence-electron chi connectivity index (χ1n) is 4.75. The van der Waals surface area contributed by atoms with Crippen molar-refractivity contribution < 1.29 is 0 Å². The van der Waals surface area contributed by atoms with E-state index in [2.05, 4.69) is 43.6 Å². The molecule has 1 rings (SSSR count). The molecule has 0 fully saturated rings. The van der Waals surface area contributed by atoms with Gasteiger partial charge in [-0.1, -0.05) is 47.8 Å². The number of alkyl halides is 1. The van der Waals surface area contributed by atoms with Gasteiger partial charge >= 0.3 is 0 Å². The van der Waals surface area contributed by atoms with Crippen LogP contribution in [0.15, 0.2) is 11.1 Å². The average molecular weight is 231 g/mol. The highest BCUT2D eigenvalue weighted by Crippen LogP contribution is 2.43. The summed E-state index contributed by atoms with van der Waals surface area (Å²) >= 11 is 3.60. The number of hydrogen-bond acceptors (Lipinski definition) is 0. The van der Waals surface area contributed by atoms with Gasteiger partial charge in [-0.2, -0.15) is 0 Å². The minimum Gasteiger partial charge on any atom is -0.0880 e. The molecule has 0 bridgehead atoms.